The second kappa shape index (κ2) is 8.20. The fourth-order valence-corrected chi connectivity index (χ4v) is 2.18. The van der Waals surface area contributed by atoms with Gasteiger partial charge in [0.2, 0.25) is 0 Å². The number of carbonyl (C=O) groups is 1. The summed E-state index contributed by atoms with van der Waals surface area (Å²) in [7, 11) is 0. The molecule has 1 aromatic carbocycles. The van der Waals surface area contributed by atoms with Gasteiger partial charge in [-0.25, -0.2) is 0 Å². The average molecular weight is 266 g/mol. The third-order valence-electron chi connectivity index (χ3n) is 2.34. The van der Waals surface area contributed by atoms with E-state index in [1.807, 2.05) is 24.3 Å². The zero-order valence-corrected chi connectivity index (χ0v) is 12.3. The molecule has 0 atom stereocenters. The van der Waals surface area contributed by atoms with Gasteiger partial charge in [-0.05, 0) is 42.4 Å². The molecule has 1 aromatic rings. The van der Waals surface area contributed by atoms with Crippen LogP contribution < -0.4 is 4.74 Å². The molecule has 0 amide bonds. The average Bonchev–Trinajstić information content (AvgIpc) is 2.37. The number of Topliss-reactive ketones (excluding diaryl/α,β-unsaturated/α-hetero) is 1. The van der Waals surface area contributed by atoms with Crippen LogP contribution in [0.4, 0.5) is 0 Å². The van der Waals surface area contributed by atoms with Crippen molar-refractivity contribution in [2.45, 2.75) is 27.2 Å². The Balaban J connectivity index is 2.46. The normalized spacial score (nSPS) is 10.7. The minimum absolute atomic E-state index is 0.198. The Morgan fingerprint density at radius 1 is 1.28 bits per heavy atom. The Kier molecular flexibility index (Phi) is 6.88. The molecule has 0 N–H and O–H groups in total. The summed E-state index contributed by atoms with van der Waals surface area (Å²) >= 11 is 1.69. The zero-order chi connectivity index (χ0) is 13.4. The molecule has 0 heterocycles. The highest BCUT2D eigenvalue weighted by Crippen LogP contribution is 2.15. The summed E-state index contributed by atoms with van der Waals surface area (Å²) in [5, 5.41) is 0. The molecular formula is C15H22O2S. The second-order valence-electron chi connectivity index (χ2n) is 4.70. The summed E-state index contributed by atoms with van der Waals surface area (Å²) in [6.45, 7) is 7.06. The number of ketones is 1. The first-order valence-electron chi connectivity index (χ1n) is 6.47. The lowest BCUT2D eigenvalue weighted by molar-refractivity contribution is 0.102. The lowest BCUT2D eigenvalue weighted by atomic mass is 10.1. The van der Waals surface area contributed by atoms with E-state index in [1.54, 1.807) is 11.8 Å². The van der Waals surface area contributed by atoms with Crippen molar-refractivity contribution in [3.8, 4) is 5.75 Å². The van der Waals surface area contributed by atoms with Crippen molar-refractivity contribution in [3.63, 3.8) is 0 Å². The predicted molar refractivity (Wildman–Crippen MR) is 78.7 cm³/mol. The summed E-state index contributed by atoms with van der Waals surface area (Å²) in [5.74, 6) is 3.16. The molecule has 0 bridgehead atoms. The van der Waals surface area contributed by atoms with Crippen LogP contribution in [0, 0.1) is 5.92 Å². The molecule has 0 radical (unpaired) electrons. The first kappa shape index (κ1) is 15.1. The Labute approximate surface area is 114 Å². The quantitative estimate of drug-likeness (QED) is 0.524. The number of thioether (sulfide) groups is 1. The van der Waals surface area contributed by atoms with Gasteiger partial charge < -0.3 is 4.74 Å². The minimum Gasteiger partial charge on any atom is -0.493 e. The Morgan fingerprint density at radius 2 is 1.94 bits per heavy atom. The fourth-order valence-electron chi connectivity index (χ4n) is 1.39. The first-order valence-corrected chi connectivity index (χ1v) is 7.62. The molecule has 0 fully saturated rings. The van der Waals surface area contributed by atoms with Crippen LogP contribution in [-0.2, 0) is 0 Å². The molecule has 0 spiro atoms. The van der Waals surface area contributed by atoms with E-state index in [9.17, 15) is 4.79 Å². The van der Waals surface area contributed by atoms with Gasteiger partial charge in [-0.1, -0.05) is 20.8 Å². The summed E-state index contributed by atoms with van der Waals surface area (Å²) in [4.78, 5) is 11.8. The summed E-state index contributed by atoms with van der Waals surface area (Å²) < 4.78 is 5.58. The highest BCUT2D eigenvalue weighted by molar-refractivity contribution is 7.99. The van der Waals surface area contributed by atoms with Gasteiger partial charge in [0.15, 0.2) is 5.78 Å². The van der Waals surface area contributed by atoms with Crippen molar-refractivity contribution in [3.05, 3.63) is 29.8 Å². The molecule has 0 aromatic heterocycles. The van der Waals surface area contributed by atoms with Crippen molar-refractivity contribution in [1.82, 2.24) is 0 Å². The van der Waals surface area contributed by atoms with Gasteiger partial charge in [0.05, 0.1) is 12.4 Å². The van der Waals surface area contributed by atoms with Gasteiger partial charge in [-0.15, -0.1) is 0 Å². The number of benzene rings is 1. The minimum atomic E-state index is 0.198. The molecule has 0 aliphatic heterocycles. The molecule has 0 unspecified atom stereocenters. The first-order chi connectivity index (χ1) is 8.63. The third-order valence-corrected chi connectivity index (χ3v) is 3.50. The number of hydrogen-bond donors (Lipinski definition) is 0. The largest absolute Gasteiger partial charge is 0.493 e. The number of carbonyl (C=O) groups excluding carboxylic acids is 1. The van der Waals surface area contributed by atoms with Gasteiger partial charge in [-0.3, -0.25) is 4.79 Å². The summed E-state index contributed by atoms with van der Waals surface area (Å²) in [6, 6.07) is 7.45. The third kappa shape index (κ3) is 5.58. The molecule has 0 aliphatic rings. The van der Waals surface area contributed by atoms with Crippen LogP contribution in [0.5, 0.6) is 5.75 Å². The van der Waals surface area contributed by atoms with E-state index in [0.717, 1.165) is 23.5 Å². The van der Waals surface area contributed by atoms with E-state index in [1.165, 1.54) is 0 Å². The molecule has 100 valence electrons. The second-order valence-corrected chi connectivity index (χ2v) is 5.81. The van der Waals surface area contributed by atoms with Crippen molar-refractivity contribution in [2.24, 2.45) is 5.92 Å². The van der Waals surface area contributed by atoms with Crippen molar-refractivity contribution in [2.75, 3.05) is 18.1 Å². The number of hydrogen-bond acceptors (Lipinski definition) is 3. The highest BCUT2D eigenvalue weighted by atomic mass is 32.2. The topological polar surface area (TPSA) is 26.3 Å². The monoisotopic (exact) mass is 266 g/mol. The Morgan fingerprint density at radius 3 is 2.50 bits per heavy atom. The SMILES string of the molecule is CCCSCC(=O)c1ccc(OCC(C)C)cc1. The smallest absolute Gasteiger partial charge is 0.172 e. The van der Waals surface area contributed by atoms with Gasteiger partial charge in [0, 0.05) is 5.56 Å². The molecule has 0 aliphatic carbocycles. The standard InChI is InChI=1S/C15H22O2S/c1-4-9-18-11-15(16)13-5-7-14(8-6-13)17-10-12(2)3/h5-8,12H,4,9-11H2,1-3H3. The molecule has 18 heavy (non-hydrogen) atoms. The van der Waals surface area contributed by atoms with E-state index < -0.39 is 0 Å². The lowest BCUT2D eigenvalue weighted by Crippen LogP contribution is -2.05. The van der Waals surface area contributed by atoms with Crippen LogP contribution in [-0.4, -0.2) is 23.9 Å². The molecular weight excluding hydrogens is 244 g/mol. The molecule has 0 saturated carbocycles. The fraction of sp³-hybridized carbons (Fsp3) is 0.533. The maximum atomic E-state index is 11.8. The maximum absolute atomic E-state index is 11.8. The number of rotatable bonds is 8. The maximum Gasteiger partial charge on any atom is 0.172 e. The van der Waals surface area contributed by atoms with Gasteiger partial charge in [0.1, 0.15) is 5.75 Å². The van der Waals surface area contributed by atoms with Crippen molar-refractivity contribution < 1.29 is 9.53 Å². The lowest BCUT2D eigenvalue weighted by Gasteiger charge is -2.08. The van der Waals surface area contributed by atoms with Crippen molar-refractivity contribution >= 4 is 17.5 Å². The molecule has 0 saturated heterocycles. The number of ether oxygens (including phenoxy) is 1. The van der Waals surface area contributed by atoms with Crippen LogP contribution in [0.3, 0.4) is 0 Å². The molecule has 3 heteroatoms. The van der Waals surface area contributed by atoms with Gasteiger partial charge >= 0.3 is 0 Å². The van der Waals surface area contributed by atoms with Crippen LogP contribution in [0.2, 0.25) is 0 Å². The van der Waals surface area contributed by atoms with Crippen LogP contribution >= 0.6 is 11.8 Å². The summed E-state index contributed by atoms with van der Waals surface area (Å²) in [6.07, 6.45) is 1.11. The highest BCUT2D eigenvalue weighted by Gasteiger charge is 2.06. The van der Waals surface area contributed by atoms with Crippen LogP contribution in [0.15, 0.2) is 24.3 Å². The Bertz CT molecular complexity index is 357. The Hall–Kier alpha value is -0.960. The van der Waals surface area contributed by atoms with E-state index in [0.29, 0.717) is 18.3 Å². The van der Waals surface area contributed by atoms with Gasteiger partial charge in [-0.2, -0.15) is 11.8 Å². The van der Waals surface area contributed by atoms with Crippen LogP contribution in [0.25, 0.3) is 0 Å². The van der Waals surface area contributed by atoms with E-state index in [2.05, 4.69) is 20.8 Å². The van der Waals surface area contributed by atoms with E-state index in [-0.39, 0.29) is 5.78 Å². The summed E-state index contributed by atoms with van der Waals surface area (Å²) in [5.41, 5.74) is 0.774. The molecule has 2 nitrogen and oxygen atoms in total. The van der Waals surface area contributed by atoms with Crippen LogP contribution in [0.1, 0.15) is 37.6 Å². The van der Waals surface area contributed by atoms with E-state index in [4.69, 9.17) is 4.74 Å². The van der Waals surface area contributed by atoms with E-state index >= 15 is 0 Å². The van der Waals surface area contributed by atoms with Gasteiger partial charge in [0.25, 0.3) is 0 Å². The zero-order valence-electron chi connectivity index (χ0n) is 11.4. The van der Waals surface area contributed by atoms with Crippen molar-refractivity contribution in [1.29, 1.82) is 0 Å². The predicted octanol–water partition coefficient (Wildman–Crippen LogP) is 4.05. The molecule has 1 rings (SSSR count).